The zero-order chi connectivity index (χ0) is 23.0. The minimum atomic E-state index is -2.86. The summed E-state index contributed by atoms with van der Waals surface area (Å²) in [6.45, 7) is 7.86. The lowest BCUT2D eigenvalue weighted by molar-refractivity contribution is 0.146. The van der Waals surface area contributed by atoms with Crippen molar-refractivity contribution in [3.05, 3.63) is 53.2 Å². The lowest BCUT2D eigenvalue weighted by Gasteiger charge is -2.43. The Morgan fingerprint density at radius 2 is 1.88 bits per heavy atom. The Bertz CT molecular complexity index is 1110. The van der Waals surface area contributed by atoms with Crippen LogP contribution in [0.15, 0.2) is 30.5 Å². The van der Waals surface area contributed by atoms with Gasteiger partial charge in [0.15, 0.2) is 0 Å². The molecule has 0 saturated carbocycles. The van der Waals surface area contributed by atoms with Crippen LogP contribution in [0.2, 0.25) is 0 Å². The molecular weight excluding hydrogens is 417 g/mol. The second kappa shape index (κ2) is 8.90. The number of piperazine rings is 1. The number of aromatic nitrogens is 3. The monoisotopic (exact) mass is 444 g/mol. The van der Waals surface area contributed by atoms with Crippen molar-refractivity contribution in [2.45, 2.75) is 45.8 Å². The molecule has 0 amide bonds. The Kier molecular flexibility index (Phi) is 6.19. The molecule has 1 aromatic carbocycles. The average molecular weight is 445 g/mol. The lowest BCUT2D eigenvalue weighted by atomic mass is 10.1. The van der Waals surface area contributed by atoms with Crippen LogP contribution in [-0.4, -0.2) is 52.1 Å². The predicted octanol–water partition coefficient (Wildman–Crippen LogP) is 4.55. The van der Waals surface area contributed by atoms with Crippen LogP contribution < -0.4 is 10.2 Å². The minimum Gasteiger partial charge on any atom is -0.365 e. The standard InChI is InChI=1S/C23H27F3N6/c1-13-11-32(12-14(2)31(13)4)20-8-18-19(10-27-20)29-15(3)30-23(18)28-9-16-6-5-7-17(21(16)24)22(25)26/h5-8,10,13-14,22H,9,11-12H2,1-4H3,(H,28,29,30)/t13-,14?/m1/s1. The highest BCUT2D eigenvalue weighted by atomic mass is 19.3. The molecule has 1 aliphatic heterocycles. The van der Waals surface area contributed by atoms with Gasteiger partial charge >= 0.3 is 0 Å². The lowest BCUT2D eigenvalue weighted by Crippen LogP contribution is -2.55. The van der Waals surface area contributed by atoms with Crippen molar-refractivity contribution in [3.8, 4) is 0 Å². The van der Waals surface area contributed by atoms with E-state index in [0.29, 0.717) is 29.2 Å². The van der Waals surface area contributed by atoms with Crippen molar-refractivity contribution in [2.75, 3.05) is 30.4 Å². The molecule has 1 N–H and O–H groups in total. The molecule has 3 aromatic rings. The number of nitrogens with one attached hydrogen (secondary N) is 1. The first-order valence-electron chi connectivity index (χ1n) is 10.6. The normalized spacial score (nSPS) is 19.7. The van der Waals surface area contributed by atoms with Crippen molar-refractivity contribution < 1.29 is 13.2 Å². The van der Waals surface area contributed by atoms with Gasteiger partial charge in [-0.25, -0.2) is 28.1 Å². The minimum absolute atomic E-state index is 0.0260. The second-order valence-electron chi connectivity index (χ2n) is 8.42. The molecule has 4 rings (SSSR count). The second-order valence-corrected chi connectivity index (χ2v) is 8.42. The van der Waals surface area contributed by atoms with Crippen LogP contribution in [-0.2, 0) is 6.54 Å². The van der Waals surface area contributed by atoms with Crippen LogP contribution in [0.1, 0.15) is 37.2 Å². The van der Waals surface area contributed by atoms with Crippen LogP contribution in [0.25, 0.3) is 10.9 Å². The SMILES string of the molecule is Cc1nc(NCc2cccc(C(F)F)c2F)c2cc(N3CC(C)N(C)[C@H](C)C3)ncc2n1. The molecule has 1 fully saturated rings. The fourth-order valence-corrected chi connectivity index (χ4v) is 4.12. The molecule has 170 valence electrons. The Morgan fingerprint density at radius 3 is 2.56 bits per heavy atom. The van der Waals surface area contributed by atoms with Crippen molar-refractivity contribution >= 4 is 22.5 Å². The topological polar surface area (TPSA) is 57.2 Å². The summed E-state index contributed by atoms with van der Waals surface area (Å²) in [5, 5.41) is 3.87. The molecule has 1 saturated heterocycles. The van der Waals surface area contributed by atoms with E-state index in [0.717, 1.165) is 30.4 Å². The highest BCUT2D eigenvalue weighted by molar-refractivity contribution is 5.90. The molecule has 2 aromatic heterocycles. The van der Waals surface area contributed by atoms with Gasteiger partial charge in [-0.1, -0.05) is 18.2 Å². The van der Waals surface area contributed by atoms with Crippen LogP contribution in [0.4, 0.5) is 24.8 Å². The number of hydrogen-bond acceptors (Lipinski definition) is 6. The van der Waals surface area contributed by atoms with E-state index in [-0.39, 0.29) is 12.1 Å². The molecule has 3 heterocycles. The summed E-state index contributed by atoms with van der Waals surface area (Å²) in [7, 11) is 2.13. The fraction of sp³-hybridized carbons (Fsp3) is 0.435. The summed E-state index contributed by atoms with van der Waals surface area (Å²) in [6, 6.07) is 6.73. The maximum Gasteiger partial charge on any atom is 0.266 e. The van der Waals surface area contributed by atoms with Gasteiger partial charge in [0.2, 0.25) is 0 Å². The fourth-order valence-electron chi connectivity index (χ4n) is 4.12. The van der Waals surface area contributed by atoms with Crippen molar-refractivity contribution in [1.29, 1.82) is 0 Å². The molecule has 0 bridgehead atoms. The van der Waals surface area contributed by atoms with Crippen LogP contribution in [0.5, 0.6) is 0 Å². The summed E-state index contributed by atoms with van der Waals surface area (Å²) in [5.41, 5.74) is 0.224. The van der Waals surface area contributed by atoms with E-state index in [4.69, 9.17) is 0 Å². The number of halogens is 3. The number of anilines is 2. The van der Waals surface area contributed by atoms with E-state index >= 15 is 0 Å². The molecule has 32 heavy (non-hydrogen) atoms. The number of likely N-dealkylation sites (N-methyl/N-ethyl adjacent to an activating group) is 1. The van der Waals surface area contributed by atoms with Gasteiger partial charge in [-0.2, -0.15) is 0 Å². The highest BCUT2D eigenvalue weighted by Gasteiger charge is 2.27. The maximum atomic E-state index is 14.5. The molecular formula is C23H27F3N6. The zero-order valence-electron chi connectivity index (χ0n) is 18.6. The zero-order valence-corrected chi connectivity index (χ0v) is 18.6. The molecule has 9 heteroatoms. The first kappa shape index (κ1) is 22.3. The van der Waals surface area contributed by atoms with E-state index in [1.165, 1.54) is 12.1 Å². The third-order valence-corrected chi connectivity index (χ3v) is 6.15. The van der Waals surface area contributed by atoms with Gasteiger partial charge in [-0.15, -0.1) is 0 Å². The molecule has 1 aliphatic rings. The number of rotatable bonds is 5. The number of alkyl halides is 2. The average Bonchev–Trinajstić information content (AvgIpc) is 2.75. The maximum absolute atomic E-state index is 14.5. The number of aryl methyl sites for hydroxylation is 1. The van der Waals surface area contributed by atoms with Gasteiger partial charge in [0.25, 0.3) is 6.43 Å². The van der Waals surface area contributed by atoms with Gasteiger partial charge in [0, 0.05) is 42.7 Å². The molecule has 0 aliphatic carbocycles. The smallest absolute Gasteiger partial charge is 0.266 e. The van der Waals surface area contributed by atoms with Crippen LogP contribution in [0.3, 0.4) is 0 Å². The summed E-state index contributed by atoms with van der Waals surface area (Å²) in [5.74, 6) is 0.991. The van der Waals surface area contributed by atoms with Crippen molar-refractivity contribution in [2.24, 2.45) is 0 Å². The largest absolute Gasteiger partial charge is 0.365 e. The van der Waals surface area contributed by atoms with Gasteiger partial charge in [-0.05, 0) is 33.9 Å². The van der Waals surface area contributed by atoms with Crippen molar-refractivity contribution in [1.82, 2.24) is 19.9 Å². The Morgan fingerprint density at radius 1 is 1.16 bits per heavy atom. The highest BCUT2D eigenvalue weighted by Crippen LogP contribution is 2.28. The van der Waals surface area contributed by atoms with E-state index in [2.05, 4.69) is 51.0 Å². The molecule has 1 unspecified atom stereocenters. The van der Waals surface area contributed by atoms with Crippen LogP contribution in [0, 0.1) is 12.7 Å². The number of fused-ring (bicyclic) bond motifs is 1. The van der Waals surface area contributed by atoms with E-state index in [1.54, 1.807) is 13.1 Å². The molecule has 2 atom stereocenters. The molecule has 0 spiro atoms. The molecule has 0 radical (unpaired) electrons. The van der Waals surface area contributed by atoms with Gasteiger partial charge in [-0.3, -0.25) is 4.90 Å². The summed E-state index contributed by atoms with van der Waals surface area (Å²) in [4.78, 5) is 18.1. The Labute approximate surface area is 185 Å². The number of nitrogens with zero attached hydrogens (tertiary/aromatic N) is 5. The van der Waals surface area contributed by atoms with Gasteiger partial charge in [0.1, 0.15) is 23.3 Å². The predicted molar refractivity (Wildman–Crippen MR) is 120 cm³/mol. The first-order valence-corrected chi connectivity index (χ1v) is 10.6. The van der Waals surface area contributed by atoms with E-state index in [9.17, 15) is 13.2 Å². The number of benzene rings is 1. The summed E-state index contributed by atoms with van der Waals surface area (Å²) in [6.07, 6.45) is -1.14. The van der Waals surface area contributed by atoms with E-state index in [1.807, 2.05) is 6.07 Å². The summed E-state index contributed by atoms with van der Waals surface area (Å²) >= 11 is 0. The summed E-state index contributed by atoms with van der Waals surface area (Å²) < 4.78 is 40.5. The third kappa shape index (κ3) is 4.34. The first-order chi connectivity index (χ1) is 15.2. The van der Waals surface area contributed by atoms with Gasteiger partial charge < -0.3 is 10.2 Å². The number of hydrogen-bond donors (Lipinski definition) is 1. The van der Waals surface area contributed by atoms with E-state index < -0.39 is 17.8 Å². The third-order valence-electron chi connectivity index (χ3n) is 6.15. The Hall–Kier alpha value is -2.94. The van der Waals surface area contributed by atoms with Crippen LogP contribution >= 0.6 is 0 Å². The van der Waals surface area contributed by atoms with Gasteiger partial charge in [0.05, 0.1) is 17.3 Å². The number of pyridine rings is 1. The van der Waals surface area contributed by atoms with Crippen molar-refractivity contribution in [3.63, 3.8) is 0 Å². The Balaban J connectivity index is 1.65. The quantitative estimate of drug-likeness (QED) is 0.623. The molecule has 6 nitrogen and oxygen atoms in total.